The van der Waals surface area contributed by atoms with Gasteiger partial charge in [0, 0.05) is 20.0 Å². The fourth-order valence-corrected chi connectivity index (χ4v) is 1.19. The third-order valence-corrected chi connectivity index (χ3v) is 1.78. The molecule has 0 aliphatic rings. The van der Waals surface area contributed by atoms with Gasteiger partial charge in [0.25, 0.3) is 0 Å². The number of carbonyl (C=O) groups excluding carboxylic acids is 1. The first-order valence-electron chi connectivity index (χ1n) is 4.13. The van der Waals surface area contributed by atoms with Crippen molar-refractivity contribution in [1.82, 2.24) is 14.5 Å². The van der Waals surface area contributed by atoms with Gasteiger partial charge in [-0.3, -0.25) is 4.79 Å². The zero-order chi connectivity index (χ0) is 10.1. The first kappa shape index (κ1) is 8.68. The van der Waals surface area contributed by atoms with Gasteiger partial charge in [-0.05, 0) is 6.07 Å². The second-order valence-corrected chi connectivity index (χ2v) is 2.94. The average molecular weight is 191 g/mol. The molecule has 5 nitrogen and oxygen atoms in total. The topological polar surface area (TPSA) is 57.0 Å². The predicted octanol–water partition coefficient (Wildman–Crippen LogP) is 0.894. The Morgan fingerprint density at radius 2 is 2.29 bits per heavy atom. The predicted molar refractivity (Wildman–Crippen MR) is 49.8 cm³/mol. The van der Waals surface area contributed by atoms with Crippen molar-refractivity contribution in [1.29, 1.82) is 0 Å². The number of imidazole rings is 1. The number of aromatic nitrogens is 3. The van der Waals surface area contributed by atoms with Gasteiger partial charge < -0.3 is 9.30 Å². The summed E-state index contributed by atoms with van der Waals surface area (Å²) in [5.74, 6) is -0.0763. The van der Waals surface area contributed by atoms with Crippen molar-refractivity contribution < 1.29 is 9.53 Å². The first-order valence-corrected chi connectivity index (χ1v) is 4.13. The van der Waals surface area contributed by atoms with E-state index in [-0.39, 0.29) is 5.97 Å². The maximum absolute atomic E-state index is 10.7. The third-order valence-electron chi connectivity index (χ3n) is 1.78. The van der Waals surface area contributed by atoms with E-state index in [1.165, 1.54) is 6.92 Å². The lowest BCUT2D eigenvalue weighted by Crippen LogP contribution is -2.03. The van der Waals surface area contributed by atoms with Crippen molar-refractivity contribution in [2.24, 2.45) is 7.05 Å². The molecule has 2 rings (SSSR count). The largest absolute Gasteiger partial charge is 0.408 e. The molecule has 0 amide bonds. The van der Waals surface area contributed by atoms with Crippen molar-refractivity contribution in [2.75, 3.05) is 0 Å². The van der Waals surface area contributed by atoms with Gasteiger partial charge in [-0.1, -0.05) is 0 Å². The van der Waals surface area contributed by atoms with E-state index in [0.717, 1.165) is 5.52 Å². The molecule has 0 radical (unpaired) electrons. The number of pyridine rings is 1. The van der Waals surface area contributed by atoms with Crippen LogP contribution < -0.4 is 4.74 Å². The summed E-state index contributed by atoms with van der Waals surface area (Å²) in [5, 5.41) is 0. The van der Waals surface area contributed by atoms with Gasteiger partial charge >= 0.3 is 5.97 Å². The van der Waals surface area contributed by atoms with Crippen LogP contribution in [-0.2, 0) is 11.8 Å². The van der Waals surface area contributed by atoms with Crippen LogP contribution in [0.1, 0.15) is 6.92 Å². The summed E-state index contributed by atoms with van der Waals surface area (Å²) in [6.07, 6.45) is 1.66. The van der Waals surface area contributed by atoms with E-state index in [0.29, 0.717) is 11.5 Å². The van der Waals surface area contributed by atoms with Crippen LogP contribution in [0.15, 0.2) is 18.5 Å². The molecule has 0 spiro atoms. The molecule has 0 saturated heterocycles. The minimum Gasteiger partial charge on any atom is -0.408 e. The van der Waals surface area contributed by atoms with Gasteiger partial charge in [0.15, 0.2) is 5.65 Å². The van der Waals surface area contributed by atoms with Crippen molar-refractivity contribution in [2.45, 2.75) is 6.92 Å². The van der Waals surface area contributed by atoms with Gasteiger partial charge in [0.2, 0.25) is 5.88 Å². The maximum Gasteiger partial charge on any atom is 0.309 e. The molecule has 0 N–H and O–H groups in total. The Bertz CT molecular complexity index is 490. The lowest BCUT2D eigenvalue weighted by Gasteiger charge is -1.99. The Hall–Kier alpha value is -1.91. The molecule has 0 aromatic carbocycles. The second kappa shape index (κ2) is 3.10. The third kappa shape index (κ3) is 1.44. The molecule has 72 valence electrons. The Labute approximate surface area is 80.3 Å². The summed E-state index contributed by atoms with van der Waals surface area (Å²) in [6.45, 7) is 1.34. The SMILES string of the molecule is CC(=O)Oc1ccc2ncn(C)c2n1. The van der Waals surface area contributed by atoms with E-state index >= 15 is 0 Å². The number of fused-ring (bicyclic) bond motifs is 1. The molecule has 0 atom stereocenters. The van der Waals surface area contributed by atoms with Crippen LogP contribution in [0, 0.1) is 0 Å². The zero-order valence-electron chi connectivity index (χ0n) is 7.89. The lowest BCUT2D eigenvalue weighted by atomic mass is 10.4. The van der Waals surface area contributed by atoms with Crippen molar-refractivity contribution >= 4 is 17.1 Å². The molecule has 2 aromatic heterocycles. The van der Waals surface area contributed by atoms with E-state index in [4.69, 9.17) is 4.74 Å². The lowest BCUT2D eigenvalue weighted by molar-refractivity contribution is -0.132. The highest BCUT2D eigenvalue weighted by atomic mass is 16.5. The standard InChI is InChI=1S/C9H9N3O2/c1-6(13)14-8-4-3-7-9(11-8)12(2)5-10-7/h3-5H,1-2H3. The fourth-order valence-electron chi connectivity index (χ4n) is 1.19. The van der Waals surface area contributed by atoms with Crippen LogP contribution in [0.3, 0.4) is 0 Å². The fraction of sp³-hybridized carbons (Fsp3) is 0.222. The number of hydrogen-bond donors (Lipinski definition) is 0. The quantitative estimate of drug-likeness (QED) is 0.628. The van der Waals surface area contributed by atoms with E-state index in [1.807, 2.05) is 7.05 Å². The van der Waals surface area contributed by atoms with Crippen LogP contribution in [0.5, 0.6) is 5.88 Å². The van der Waals surface area contributed by atoms with Gasteiger partial charge in [-0.2, -0.15) is 4.98 Å². The molecular formula is C9H9N3O2. The summed E-state index contributed by atoms with van der Waals surface area (Å²) >= 11 is 0. The van der Waals surface area contributed by atoms with Gasteiger partial charge in [0.05, 0.1) is 6.33 Å². The Balaban J connectivity index is 2.49. The van der Waals surface area contributed by atoms with Crippen LogP contribution in [0.2, 0.25) is 0 Å². The van der Waals surface area contributed by atoms with E-state index < -0.39 is 0 Å². The number of aryl methyl sites for hydroxylation is 1. The molecule has 5 heteroatoms. The molecule has 2 aromatic rings. The van der Waals surface area contributed by atoms with E-state index in [9.17, 15) is 4.79 Å². The Morgan fingerprint density at radius 3 is 3.00 bits per heavy atom. The summed E-state index contributed by atoms with van der Waals surface area (Å²) in [7, 11) is 1.83. The monoisotopic (exact) mass is 191 g/mol. The minimum atomic E-state index is -0.376. The van der Waals surface area contributed by atoms with Crippen LogP contribution in [0.4, 0.5) is 0 Å². The minimum absolute atomic E-state index is 0.300. The molecule has 0 aliphatic carbocycles. The highest BCUT2D eigenvalue weighted by Gasteiger charge is 2.04. The number of hydrogen-bond acceptors (Lipinski definition) is 4. The van der Waals surface area contributed by atoms with E-state index in [1.54, 1.807) is 23.0 Å². The molecular weight excluding hydrogens is 182 g/mol. The van der Waals surface area contributed by atoms with Crippen LogP contribution in [0.25, 0.3) is 11.2 Å². The highest BCUT2D eigenvalue weighted by molar-refractivity contribution is 5.73. The number of nitrogens with zero attached hydrogens (tertiary/aromatic N) is 3. The molecule has 0 bridgehead atoms. The Kier molecular flexibility index (Phi) is 1.92. The molecule has 0 saturated carbocycles. The van der Waals surface area contributed by atoms with Crippen LogP contribution in [-0.4, -0.2) is 20.5 Å². The summed E-state index contributed by atoms with van der Waals surface area (Å²) in [5.41, 5.74) is 1.48. The molecule has 14 heavy (non-hydrogen) atoms. The van der Waals surface area contributed by atoms with Crippen LogP contribution >= 0.6 is 0 Å². The first-order chi connectivity index (χ1) is 6.66. The molecule has 0 unspecified atom stereocenters. The zero-order valence-corrected chi connectivity index (χ0v) is 7.89. The van der Waals surface area contributed by atoms with Gasteiger partial charge in [-0.15, -0.1) is 0 Å². The van der Waals surface area contributed by atoms with Crippen molar-refractivity contribution in [3.8, 4) is 5.88 Å². The normalized spacial score (nSPS) is 10.4. The summed E-state index contributed by atoms with van der Waals surface area (Å²) < 4.78 is 6.62. The highest BCUT2D eigenvalue weighted by Crippen LogP contribution is 2.14. The number of carbonyl (C=O) groups is 1. The number of ether oxygens (including phenoxy) is 1. The second-order valence-electron chi connectivity index (χ2n) is 2.94. The van der Waals surface area contributed by atoms with E-state index in [2.05, 4.69) is 9.97 Å². The van der Waals surface area contributed by atoms with Crippen molar-refractivity contribution in [3.63, 3.8) is 0 Å². The van der Waals surface area contributed by atoms with Gasteiger partial charge in [-0.25, -0.2) is 4.98 Å². The maximum atomic E-state index is 10.7. The smallest absolute Gasteiger partial charge is 0.309 e. The average Bonchev–Trinajstić information content (AvgIpc) is 2.47. The Morgan fingerprint density at radius 1 is 1.50 bits per heavy atom. The molecule has 0 aliphatic heterocycles. The summed E-state index contributed by atoms with van der Waals surface area (Å²) in [4.78, 5) is 18.9. The molecule has 0 fully saturated rings. The van der Waals surface area contributed by atoms with Gasteiger partial charge in [0.1, 0.15) is 5.52 Å². The summed E-state index contributed by atoms with van der Waals surface area (Å²) in [6, 6.07) is 3.39. The van der Waals surface area contributed by atoms with Crippen molar-refractivity contribution in [3.05, 3.63) is 18.5 Å². The number of rotatable bonds is 1. The number of esters is 1. The molecule has 2 heterocycles.